The molecule has 11 nitrogen and oxygen atoms in total. The number of amides is 2. The monoisotopic (exact) mass is 443 g/mol. The highest BCUT2D eigenvalue weighted by atomic mass is 35.5. The number of carbonyl (C=O) groups excluding carboxylic acids is 1. The van der Waals surface area contributed by atoms with Crippen molar-refractivity contribution in [3.63, 3.8) is 0 Å². The number of benzene rings is 1. The molecule has 0 bridgehead atoms. The zero-order valence-corrected chi connectivity index (χ0v) is 16.7. The van der Waals surface area contributed by atoms with Gasteiger partial charge < -0.3 is 10.1 Å². The van der Waals surface area contributed by atoms with E-state index in [-0.39, 0.29) is 28.2 Å². The standard InChI is InChI=1S/C15H15ClFN7O4S/c1-3-29(26,27)24-8-5-4-7(16)11(10(8)17)20-15(25)21-12-9-13(19-6-18-12)22-23-14(9)28-2/h4-6,24H,3H2,1-2H3,(H3,18,19,20,21,22,23,25). The Morgan fingerprint density at radius 2 is 2.07 bits per heavy atom. The van der Waals surface area contributed by atoms with Crippen molar-refractivity contribution in [2.24, 2.45) is 0 Å². The van der Waals surface area contributed by atoms with Gasteiger partial charge in [-0.05, 0) is 19.1 Å². The summed E-state index contributed by atoms with van der Waals surface area (Å²) in [5, 5.41) is 11.3. The highest BCUT2D eigenvalue weighted by Crippen LogP contribution is 2.32. The number of aromatic amines is 1. The first-order valence-electron chi connectivity index (χ1n) is 8.05. The number of hydrogen-bond donors (Lipinski definition) is 4. The molecular weight excluding hydrogens is 429 g/mol. The lowest BCUT2D eigenvalue weighted by atomic mass is 10.2. The maximum absolute atomic E-state index is 14.7. The van der Waals surface area contributed by atoms with Gasteiger partial charge in [-0.25, -0.2) is 27.6 Å². The third kappa shape index (κ3) is 4.30. The summed E-state index contributed by atoms with van der Waals surface area (Å²) in [7, 11) is -2.35. The zero-order valence-electron chi connectivity index (χ0n) is 15.1. The molecule has 0 spiro atoms. The molecule has 0 fully saturated rings. The van der Waals surface area contributed by atoms with Crippen LogP contribution in [0.3, 0.4) is 0 Å². The first-order chi connectivity index (χ1) is 13.8. The Kier molecular flexibility index (Phi) is 5.70. The summed E-state index contributed by atoms with van der Waals surface area (Å²) in [5.74, 6) is -1.10. The normalized spacial score (nSPS) is 11.3. The molecule has 0 aliphatic rings. The third-order valence-electron chi connectivity index (χ3n) is 3.72. The highest BCUT2D eigenvalue weighted by molar-refractivity contribution is 7.92. The molecule has 14 heteroatoms. The van der Waals surface area contributed by atoms with Gasteiger partial charge in [0.1, 0.15) is 11.7 Å². The summed E-state index contributed by atoms with van der Waals surface area (Å²) in [6, 6.07) is 1.51. The minimum atomic E-state index is -3.73. The number of sulfonamides is 1. The maximum atomic E-state index is 14.7. The van der Waals surface area contributed by atoms with Crippen LogP contribution in [-0.2, 0) is 10.0 Å². The number of nitrogens with zero attached hydrogens (tertiary/aromatic N) is 3. The summed E-state index contributed by atoms with van der Waals surface area (Å²) < 4.78 is 45.3. The number of rotatable bonds is 6. The maximum Gasteiger partial charge on any atom is 0.324 e. The topological polar surface area (TPSA) is 151 Å². The van der Waals surface area contributed by atoms with E-state index in [9.17, 15) is 17.6 Å². The van der Waals surface area contributed by atoms with Gasteiger partial charge in [0.15, 0.2) is 17.3 Å². The molecule has 2 aromatic heterocycles. The van der Waals surface area contributed by atoms with Crippen LogP contribution in [0.2, 0.25) is 5.02 Å². The van der Waals surface area contributed by atoms with E-state index < -0.39 is 27.6 Å². The second-order valence-electron chi connectivity index (χ2n) is 5.55. The number of carbonyl (C=O) groups is 1. The Morgan fingerprint density at radius 3 is 2.76 bits per heavy atom. The average Bonchev–Trinajstić information content (AvgIpc) is 3.12. The average molecular weight is 444 g/mol. The number of nitrogens with one attached hydrogen (secondary N) is 4. The Morgan fingerprint density at radius 1 is 1.31 bits per heavy atom. The number of H-pyrrole nitrogens is 1. The van der Waals surface area contributed by atoms with Gasteiger partial charge >= 0.3 is 6.03 Å². The molecule has 0 aliphatic carbocycles. The first-order valence-corrected chi connectivity index (χ1v) is 10.1. The predicted molar refractivity (Wildman–Crippen MR) is 105 cm³/mol. The van der Waals surface area contributed by atoms with Crippen LogP contribution in [0.5, 0.6) is 5.88 Å². The first kappa shape index (κ1) is 20.5. The Labute approximate surface area is 169 Å². The molecule has 4 N–H and O–H groups in total. The van der Waals surface area contributed by atoms with Crippen LogP contribution in [0.25, 0.3) is 11.0 Å². The van der Waals surface area contributed by atoms with Crippen LogP contribution in [0.15, 0.2) is 18.5 Å². The summed E-state index contributed by atoms with van der Waals surface area (Å²) >= 11 is 5.96. The van der Waals surface area contributed by atoms with Gasteiger partial charge in [-0.2, -0.15) is 0 Å². The zero-order chi connectivity index (χ0) is 21.2. The van der Waals surface area contributed by atoms with Crippen molar-refractivity contribution in [3.8, 4) is 5.88 Å². The predicted octanol–water partition coefficient (Wildman–Crippen LogP) is 2.56. The van der Waals surface area contributed by atoms with E-state index in [0.717, 1.165) is 6.07 Å². The van der Waals surface area contributed by atoms with Gasteiger partial charge in [-0.15, -0.1) is 5.10 Å². The van der Waals surface area contributed by atoms with Crippen molar-refractivity contribution in [1.29, 1.82) is 0 Å². The molecule has 0 unspecified atom stereocenters. The van der Waals surface area contributed by atoms with E-state index >= 15 is 0 Å². The van der Waals surface area contributed by atoms with E-state index in [4.69, 9.17) is 16.3 Å². The number of anilines is 3. The number of aromatic nitrogens is 4. The molecule has 29 heavy (non-hydrogen) atoms. The van der Waals surface area contributed by atoms with Crippen molar-refractivity contribution in [3.05, 3.63) is 29.3 Å². The van der Waals surface area contributed by atoms with Gasteiger partial charge in [0.05, 0.1) is 29.3 Å². The highest BCUT2D eigenvalue weighted by Gasteiger charge is 2.20. The van der Waals surface area contributed by atoms with Crippen LogP contribution in [0.1, 0.15) is 6.92 Å². The van der Waals surface area contributed by atoms with Gasteiger partial charge in [0, 0.05) is 0 Å². The molecule has 1 aromatic carbocycles. The number of ether oxygens (including phenoxy) is 1. The van der Waals surface area contributed by atoms with Gasteiger partial charge in [0.25, 0.3) is 0 Å². The number of halogens is 2. The Hall–Kier alpha value is -3.19. The molecule has 2 heterocycles. The third-order valence-corrected chi connectivity index (χ3v) is 5.33. The van der Waals surface area contributed by atoms with E-state index in [0.29, 0.717) is 11.0 Å². The van der Waals surface area contributed by atoms with Crippen molar-refractivity contribution >= 4 is 55.9 Å². The van der Waals surface area contributed by atoms with Crippen molar-refractivity contribution in [2.45, 2.75) is 6.92 Å². The minimum absolute atomic E-state index is 0.0532. The van der Waals surface area contributed by atoms with E-state index in [1.165, 1.54) is 26.4 Å². The fourth-order valence-electron chi connectivity index (χ4n) is 2.31. The number of methoxy groups -OCH3 is 1. The summed E-state index contributed by atoms with van der Waals surface area (Å²) in [6.07, 6.45) is 1.18. The second kappa shape index (κ2) is 8.05. The molecule has 3 aromatic rings. The van der Waals surface area contributed by atoms with Gasteiger partial charge in [-0.1, -0.05) is 11.6 Å². The molecule has 2 amide bonds. The van der Waals surface area contributed by atoms with Crippen molar-refractivity contribution < 1.29 is 22.3 Å². The molecule has 154 valence electrons. The van der Waals surface area contributed by atoms with Gasteiger partial charge in [-0.3, -0.25) is 15.1 Å². The lowest BCUT2D eigenvalue weighted by Gasteiger charge is -2.13. The smallest absolute Gasteiger partial charge is 0.324 e. The summed E-state index contributed by atoms with van der Waals surface area (Å²) in [6.45, 7) is 1.40. The minimum Gasteiger partial charge on any atom is -0.479 e. The van der Waals surface area contributed by atoms with E-state index in [1.54, 1.807) is 0 Å². The van der Waals surface area contributed by atoms with Crippen LogP contribution in [0.4, 0.5) is 26.4 Å². The molecule has 0 saturated carbocycles. The Balaban J connectivity index is 1.87. The van der Waals surface area contributed by atoms with Crippen LogP contribution < -0.4 is 20.1 Å². The fourth-order valence-corrected chi connectivity index (χ4v) is 3.14. The van der Waals surface area contributed by atoms with Crippen LogP contribution >= 0.6 is 11.6 Å². The fraction of sp³-hybridized carbons (Fsp3) is 0.200. The summed E-state index contributed by atoms with van der Waals surface area (Å²) in [5.41, 5.74) is -0.454. The largest absolute Gasteiger partial charge is 0.479 e. The van der Waals surface area contributed by atoms with Crippen LogP contribution in [0, 0.1) is 5.82 Å². The molecule has 0 radical (unpaired) electrons. The number of urea groups is 1. The van der Waals surface area contributed by atoms with Crippen molar-refractivity contribution in [1.82, 2.24) is 20.2 Å². The van der Waals surface area contributed by atoms with Crippen molar-refractivity contribution in [2.75, 3.05) is 28.2 Å². The Bertz CT molecular complexity index is 1180. The van der Waals surface area contributed by atoms with E-state index in [2.05, 4.69) is 35.5 Å². The molecule has 0 atom stereocenters. The van der Waals surface area contributed by atoms with E-state index in [1.807, 2.05) is 0 Å². The number of fused-ring (bicyclic) bond motifs is 1. The van der Waals surface area contributed by atoms with Gasteiger partial charge in [0.2, 0.25) is 15.9 Å². The molecule has 0 aliphatic heterocycles. The quantitative estimate of drug-likeness (QED) is 0.457. The molecular formula is C15H15ClFN7O4S. The van der Waals surface area contributed by atoms with Crippen LogP contribution in [-0.4, -0.2) is 47.5 Å². The SMILES string of the molecule is CCS(=O)(=O)Nc1ccc(Cl)c(NC(=O)Nc2ncnc3[nH]nc(OC)c23)c1F. The molecule has 0 saturated heterocycles. The lowest BCUT2D eigenvalue weighted by Crippen LogP contribution is -2.22. The second-order valence-corrected chi connectivity index (χ2v) is 7.97. The summed E-state index contributed by atoms with van der Waals surface area (Å²) in [4.78, 5) is 20.3. The number of hydrogen-bond acceptors (Lipinski definition) is 7. The molecule has 3 rings (SSSR count). The lowest BCUT2D eigenvalue weighted by molar-refractivity contribution is 0.262.